The number of thiocarbonyl (C=S) groups is 1. The third-order valence-electron chi connectivity index (χ3n) is 4.51. The van der Waals surface area contributed by atoms with Gasteiger partial charge in [0, 0.05) is 17.2 Å². The summed E-state index contributed by atoms with van der Waals surface area (Å²) in [5.74, 6) is 0.793. The van der Waals surface area contributed by atoms with E-state index in [-0.39, 0.29) is 11.6 Å². The first-order valence-corrected chi connectivity index (χ1v) is 10.9. The van der Waals surface area contributed by atoms with E-state index < -0.39 is 4.92 Å². The number of non-ortho nitro benzene ring substituents is 1. The number of benzene rings is 2. The number of nitro benzene ring substituents is 1. The van der Waals surface area contributed by atoms with E-state index in [9.17, 15) is 14.9 Å². The molecule has 0 spiro atoms. The van der Waals surface area contributed by atoms with Crippen molar-refractivity contribution in [3.8, 4) is 17.1 Å². The Morgan fingerprint density at radius 2 is 1.97 bits per heavy atom. The summed E-state index contributed by atoms with van der Waals surface area (Å²) in [5.41, 5.74) is 0.887. The summed E-state index contributed by atoms with van der Waals surface area (Å²) < 4.78 is 11.4. The van der Waals surface area contributed by atoms with Gasteiger partial charge in [0.25, 0.3) is 11.6 Å². The summed E-state index contributed by atoms with van der Waals surface area (Å²) in [7, 11) is 1.42. The van der Waals surface area contributed by atoms with Crippen molar-refractivity contribution in [3.63, 3.8) is 0 Å². The minimum Gasteiger partial charge on any atom is -0.496 e. The Bertz CT molecular complexity index is 1310. The van der Waals surface area contributed by atoms with E-state index >= 15 is 0 Å². The van der Waals surface area contributed by atoms with Crippen LogP contribution in [0.5, 0.6) is 5.75 Å². The van der Waals surface area contributed by atoms with Gasteiger partial charge in [-0.2, -0.15) is 0 Å². The van der Waals surface area contributed by atoms with Crippen LogP contribution in [-0.2, 0) is 4.79 Å². The second-order valence-corrected chi connectivity index (χ2v) is 8.98. The minimum absolute atomic E-state index is 0.0954. The fourth-order valence-corrected chi connectivity index (χ4v) is 4.80. The Kier molecular flexibility index (Phi) is 6.25. The predicted octanol–water partition coefficient (Wildman–Crippen LogP) is 6.58. The zero-order chi connectivity index (χ0) is 23.0. The molecule has 1 aliphatic heterocycles. The van der Waals surface area contributed by atoms with Gasteiger partial charge in [0.2, 0.25) is 0 Å². The largest absolute Gasteiger partial charge is 0.496 e. The number of rotatable bonds is 5. The highest BCUT2D eigenvalue weighted by Gasteiger charge is 2.34. The van der Waals surface area contributed by atoms with E-state index in [1.165, 1.54) is 30.2 Å². The number of ether oxygens (including phenoxy) is 1. The van der Waals surface area contributed by atoms with Crippen LogP contribution in [0.25, 0.3) is 17.4 Å². The number of methoxy groups -OCH3 is 1. The highest BCUT2D eigenvalue weighted by molar-refractivity contribution is 8.27. The van der Waals surface area contributed by atoms with Gasteiger partial charge in [-0.25, -0.2) is 0 Å². The average Bonchev–Trinajstić information content (AvgIpc) is 3.32. The molecule has 0 radical (unpaired) electrons. The molecule has 7 nitrogen and oxygen atoms in total. The van der Waals surface area contributed by atoms with E-state index in [1.807, 2.05) is 0 Å². The standard InChI is InChI=1S/C21H12Cl2N2O5S2/c1-29-18-9-12(25(27)28)3-5-14(18)17-7-4-13(30-17)10-19-20(26)24(21(31)32-19)16-6-2-11(22)8-15(16)23/h2-10H,1H3/b19-10-. The summed E-state index contributed by atoms with van der Waals surface area (Å²) in [4.78, 5) is 25.2. The van der Waals surface area contributed by atoms with Gasteiger partial charge in [0.15, 0.2) is 4.32 Å². The van der Waals surface area contributed by atoms with Crippen molar-refractivity contribution in [2.75, 3.05) is 12.0 Å². The maximum absolute atomic E-state index is 13.0. The van der Waals surface area contributed by atoms with Crippen LogP contribution in [0, 0.1) is 10.1 Å². The number of halogens is 2. The molecule has 1 amide bonds. The molecular weight excluding hydrogens is 495 g/mol. The molecule has 0 bridgehead atoms. The Morgan fingerprint density at radius 3 is 2.66 bits per heavy atom. The molecule has 11 heteroatoms. The molecule has 1 aliphatic rings. The number of carbonyl (C=O) groups excluding carboxylic acids is 1. The van der Waals surface area contributed by atoms with Crippen LogP contribution in [0.2, 0.25) is 10.0 Å². The van der Waals surface area contributed by atoms with Crippen LogP contribution in [0.15, 0.2) is 57.9 Å². The van der Waals surface area contributed by atoms with Crippen molar-refractivity contribution in [2.45, 2.75) is 0 Å². The number of nitrogens with zero attached hydrogens (tertiary/aromatic N) is 2. The SMILES string of the molecule is COc1cc([N+](=O)[O-])ccc1-c1ccc(/C=C2\SC(=S)N(c3ccc(Cl)cc3Cl)C2=O)o1. The first kappa shape index (κ1) is 22.3. The minimum atomic E-state index is -0.505. The summed E-state index contributed by atoms with van der Waals surface area (Å²) in [6.07, 6.45) is 1.57. The molecule has 3 aromatic rings. The van der Waals surface area contributed by atoms with Gasteiger partial charge in [-0.3, -0.25) is 19.8 Å². The lowest BCUT2D eigenvalue weighted by Crippen LogP contribution is -2.27. The molecule has 32 heavy (non-hydrogen) atoms. The molecule has 4 rings (SSSR count). The van der Waals surface area contributed by atoms with Gasteiger partial charge >= 0.3 is 0 Å². The number of nitro groups is 1. The molecule has 162 valence electrons. The Morgan fingerprint density at radius 1 is 1.19 bits per heavy atom. The second-order valence-electron chi connectivity index (χ2n) is 6.46. The molecule has 1 fully saturated rings. The van der Waals surface area contributed by atoms with Crippen LogP contribution >= 0.6 is 47.2 Å². The highest BCUT2D eigenvalue weighted by atomic mass is 35.5. The van der Waals surface area contributed by atoms with Gasteiger partial charge in [-0.1, -0.05) is 47.2 Å². The first-order valence-electron chi connectivity index (χ1n) is 8.94. The van der Waals surface area contributed by atoms with Gasteiger partial charge in [-0.05, 0) is 36.4 Å². The van der Waals surface area contributed by atoms with Crippen LogP contribution in [0.1, 0.15) is 5.76 Å². The Balaban J connectivity index is 1.63. The lowest BCUT2D eigenvalue weighted by Gasteiger charge is -2.16. The van der Waals surface area contributed by atoms with Gasteiger partial charge in [0.05, 0.1) is 39.3 Å². The van der Waals surface area contributed by atoms with Crippen molar-refractivity contribution in [1.29, 1.82) is 0 Å². The Hall–Kier alpha value is -2.85. The number of furan rings is 1. The van der Waals surface area contributed by atoms with Crippen LogP contribution in [0.3, 0.4) is 0 Å². The Labute approximate surface area is 201 Å². The van der Waals surface area contributed by atoms with Crippen molar-refractivity contribution in [3.05, 3.63) is 79.4 Å². The number of hydrogen-bond acceptors (Lipinski definition) is 7. The van der Waals surface area contributed by atoms with Crippen molar-refractivity contribution < 1.29 is 18.9 Å². The van der Waals surface area contributed by atoms with Gasteiger partial charge < -0.3 is 9.15 Å². The van der Waals surface area contributed by atoms with Gasteiger partial charge in [0.1, 0.15) is 17.3 Å². The zero-order valence-corrected chi connectivity index (χ0v) is 19.3. The van der Waals surface area contributed by atoms with Crippen molar-refractivity contribution in [1.82, 2.24) is 0 Å². The monoisotopic (exact) mass is 506 g/mol. The molecule has 1 saturated heterocycles. The van der Waals surface area contributed by atoms with Crippen LogP contribution in [-0.4, -0.2) is 22.3 Å². The smallest absolute Gasteiger partial charge is 0.273 e. The van der Waals surface area contributed by atoms with Crippen LogP contribution in [0.4, 0.5) is 11.4 Å². The summed E-state index contributed by atoms with van der Waals surface area (Å²) >= 11 is 18.7. The summed E-state index contributed by atoms with van der Waals surface area (Å²) in [6.45, 7) is 0. The lowest BCUT2D eigenvalue weighted by atomic mass is 10.1. The van der Waals surface area contributed by atoms with E-state index in [0.29, 0.717) is 47.8 Å². The number of amides is 1. The van der Waals surface area contributed by atoms with Gasteiger partial charge in [-0.15, -0.1) is 0 Å². The molecular formula is C21H12Cl2N2O5S2. The van der Waals surface area contributed by atoms with E-state index in [0.717, 1.165) is 11.8 Å². The summed E-state index contributed by atoms with van der Waals surface area (Å²) in [5, 5.41) is 11.7. The molecule has 0 atom stereocenters. The average molecular weight is 507 g/mol. The predicted molar refractivity (Wildman–Crippen MR) is 129 cm³/mol. The number of hydrogen-bond donors (Lipinski definition) is 0. The quantitative estimate of drug-likeness (QED) is 0.167. The number of thioether (sulfide) groups is 1. The molecule has 2 aromatic carbocycles. The molecule has 2 heterocycles. The van der Waals surface area contributed by atoms with Crippen molar-refractivity contribution >= 4 is 74.9 Å². The fraction of sp³-hybridized carbons (Fsp3) is 0.0476. The third kappa shape index (κ3) is 4.24. The molecule has 0 aliphatic carbocycles. The molecule has 1 aromatic heterocycles. The van der Waals surface area contributed by atoms with E-state index in [2.05, 4.69) is 0 Å². The van der Waals surface area contributed by atoms with E-state index in [4.69, 9.17) is 44.6 Å². The second kappa shape index (κ2) is 8.95. The molecule has 0 unspecified atom stereocenters. The van der Waals surface area contributed by atoms with E-state index in [1.54, 1.807) is 36.4 Å². The maximum Gasteiger partial charge on any atom is 0.273 e. The highest BCUT2D eigenvalue weighted by Crippen LogP contribution is 2.40. The summed E-state index contributed by atoms with van der Waals surface area (Å²) in [6, 6.07) is 12.4. The zero-order valence-electron chi connectivity index (χ0n) is 16.2. The number of carbonyl (C=O) groups is 1. The molecule has 0 N–H and O–H groups in total. The lowest BCUT2D eigenvalue weighted by molar-refractivity contribution is -0.384. The fourth-order valence-electron chi connectivity index (χ4n) is 3.04. The molecule has 0 saturated carbocycles. The maximum atomic E-state index is 13.0. The number of anilines is 1. The van der Waals surface area contributed by atoms with Crippen LogP contribution < -0.4 is 9.64 Å². The topological polar surface area (TPSA) is 85.8 Å². The first-order chi connectivity index (χ1) is 15.3. The normalized spacial score (nSPS) is 15.0. The van der Waals surface area contributed by atoms with Crippen molar-refractivity contribution in [2.24, 2.45) is 0 Å². The third-order valence-corrected chi connectivity index (χ3v) is 6.35.